The molecule has 4 rings (SSSR count). The molecular formula is C18H19N3O4S. The normalized spacial score (nSPS) is 18.5. The van der Waals surface area contributed by atoms with Crippen LogP contribution in [0.5, 0.6) is 5.75 Å². The fourth-order valence-corrected chi connectivity index (χ4v) is 5.11. The van der Waals surface area contributed by atoms with Gasteiger partial charge in [-0.2, -0.15) is 4.31 Å². The molecule has 0 aliphatic carbocycles. The van der Waals surface area contributed by atoms with Gasteiger partial charge in [-0.05, 0) is 32.4 Å². The molecule has 0 N–H and O–H groups in total. The van der Waals surface area contributed by atoms with E-state index in [1.54, 1.807) is 20.0 Å². The lowest BCUT2D eigenvalue weighted by atomic mass is 10.2. The summed E-state index contributed by atoms with van der Waals surface area (Å²) in [4.78, 5) is 4.53. The lowest BCUT2D eigenvalue weighted by Gasteiger charge is -2.17. The van der Waals surface area contributed by atoms with Crippen LogP contribution in [0.1, 0.15) is 17.9 Å². The molecule has 2 aromatic heterocycles. The van der Waals surface area contributed by atoms with Crippen molar-refractivity contribution in [2.24, 2.45) is 0 Å². The van der Waals surface area contributed by atoms with Crippen LogP contribution >= 0.6 is 0 Å². The molecule has 0 amide bonds. The zero-order chi connectivity index (χ0) is 18.3. The number of aryl methyl sites for hydroxylation is 2. The van der Waals surface area contributed by atoms with E-state index < -0.39 is 10.0 Å². The van der Waals surface area contributed by atoms with E-state index in [-0.39, 0.29) is 17.5 Å². The summed E-state index contributed by atoms with van der Waals surface area (Å²) in [6.07, 6.45) is 2.11. The van der Waals surface area contributed by atoms with Crippen LogP contribution in [0.25, 0.3) is 10.9 Å². The van der Waals surface area contributed by atoms with Crippen LogP contribution < -0.4 is 4.74 Å². The van der Waals surface area contributed by atoms with Crippen molar-refractivity contribution in [2.75, 3.05) is 13.1 Å². The summed E-state index contributed by atoms with van der Waals surface area (Å²) in [5.74, 6) is 0.981. The highest BCUT2D eigenvalue weighted by Crippen LogP contribution is 2.29. The van der Waals surface area contributed by atoms with E-state index in [9.17, 15) is 8.42 Å². The van der Waals surface area contributed by atoms with Crippen LogP contribution in [0.2, 0.25) is 0 Å². The molecule has 0 bridgehead atoms. The molecule has 1 atom stereocenters. The summed E-state index contributed by atoms with van der Waals surface area (Å²) in [5.41, 5.74) is 1.16. The first-order chi connectivity index (χ1) is 12.5. The fourth-order valence-electron chi connectivity index (χ4n) is 3.34. The first-order valence-electron chi connectivity index (χ1n) is 8.40. The summed E-state index contributed by atoms with van der Waals surface area (Å²) in [5, 5.41) is 4.74. The predicted octanol–water partition coefficient (Wildman–Crippen LogP) is 2.68. The second-order valence-corrected chi connectivity index (χ2v) is 8.25. The fraction of sp³-hybridized carbons (Fsp3) is 0.333. The van der Waals surface area contributed by atoms with Crippen molar-refractivity contribution in [1.82, 2.24) is 14.4 Å². The second-order valence-electron chi connectivity index (χ2n) is 6.38. The molecule has 26 heavy (non-hydrogen) atoms. The Kier molecular flexibility index (Phi) is 4.16. The maximum atomic E-state index is 12.9. The molecule has 1 fully saturated rings. The lowest BCUT2D eigenvalue weighted by Crippen LogP contribution is -2.31. The molecule has 1 unspecified atom stereocenters. The van der Waals surface area contributed by atoms with Gasteiger partial charge in [0.1, 0.15) is 28.0 Å². The van der Waals surface area contributed by atoms with Crippen LogP contribution in [-0.2, 0) is 10.0 Å². The number of fused-ring (bicyclic) bond motifs is 1. The first kappa shape index (κ1) is 17.0. The van der Waals surface area contributed by atoms with Crippen molar-refractivity contribution in [3.05, 3.63) is 48.0 Å². The van der Waals surface area contributed by atoms with E-state index in [2.05, 4.69) is 10.1 Å². The van der Waals surface area contributed by atoms with E-state index in [4.69, 9.17) is 9.26 Å². The second kappa shape index (κ2) is 6.37. The summed E-state index contributed by atoms with van der Waals surface area (Å²) in [7, 11) is -3.64. The van der Waals surface area contributed by atoms with Gasteiger partial charge in [-0.1, -0.05) is 23.4 Å². The Morgan fingerprint density at radius 1 is 1.23 bits per heavy atom. The Morgan fingerprint density at radius 3 is 2.81 bits per heavy atom. The molecule has 1 saturated heterocycles. The van der Waals surface area contributed by atoms with Crippen LogP contribution in [0, 0.1) is 13.8 Å². The minimum absolute atomic E-state index is 0.157. The van der Waals surface area contributed by atoms with Gasteiger partial charge in [0.15, 0.2) is 5.76 Å². The third-order valence-electron chi connectivity index (χ3n) is 4.56. The number of aromatic nitrogens is 2. The van der Waals surface area contributed by atoms with Gasteiger partial charge in [0, 0.05) is 18.1 Å². The number of hydrogen-bond donors (Lipinski definition) is 0. The third kappa shape index (κ3) is 2.85. The Balaban J connectivity index is 1.56. The minimum atomic E-state index is -3.64. The molecule has 0 spiro atoms. The van der Waals surface area contributed by atoms with Crippen LogP contribution in [0.15, 0.2) is 45.9 Å². The smallest absolute Gasteiger partial charge is 0.248 e. The number of benzene rings is 1. The molecule has 1 aromatic carbocycles. The molecule has 0 saturated carbocycles. The molecule has 1 aliphatic rings. The van der Waals surface area contributed by atoms with Crippen molar-refractivity contribution in [3.63, 3.8) is 0 Å². The average Bonchev–Trinajstić information content (AvgIpc) is 3.22. The maximum absolute atomic E-state index is 12.9. The number of sulfonamides is 1. The van der Waals surface area contributed by atoms with Gasteiger partial charge in [0.2, 0.25) is 10.0 Å². The van der Waals surface area contributed by atoms with Gasteiger partial charge in [-0.15, -0.1) is 0 Å². The minimum Gasteiger partial charge on any atom is -0.487 e. The molecule has 8 heteroatoms. The summed E-state index contributed by atoms with van der Waals surface area (Å²) >= 11 is 0. The molecule has 0 radical (unpaired) electrons. The van der Waals surface area contributed by atoms with Crippen LogP contribution in [0.3, 0.4) is 0 Å². The standard InChI is InChI=1S/C18H19N3O4S/c1-12-18(13(2)25-20-12)26(22,23)21-10-8-15(11-21)24-16-7-3-5-14-6-4-9-19-17(14)16/h3-7,9,15H,8,10-11H2,1-2H3. The SMILES string of the molecule is Cc1noc(C)c1S(=O)(=O)N1CCC(Oc2cccc3cccnc23)C1. The van der Waals surface area contributed by atoms with E-state index in [0.717, 1.165) is 10.9 Å². The predicted molar refractivity (Wildman–Crippen MR) is 95.5 cm³/mol. The topological polar surface area (TPSA) is 85.5 Å². The number of para-hydroxylation sites is 1. The molecule has 3 aromatic rings. The molecule has 7 nitrogen and oxygen atoms in total. The zero-order valence-electron chi connectivity index (χ0n) is 14.5. The van der Waals surface area contributed by atoms with E-state index in [0.29, 0.717) is 30.2 Å². The van der Waals surface area contributed by atoms with Gasteiger partial charge in [0.05, 0.1) is 6.54 Å². The van der Waals surface area contributed by atoms with Crippen molar-refractivity contribution in [3.8, 4) is 5.75 Å². The Hall–Kier alpha value is -2.45. The monoisotopic (exact) mass is 373 g/mol. The third-order valence-corrected chi connectivity index (χ3v) is 6.67. The van der Waals surface area contributed by atoms with Gasteiger partial charge >= 0.3 is 0 Å². The quantitative estimate of drug-likeness (QED) is 0.699. The van der Waals surface area contributed by atoms with Gasteiger partial charge in [0.25, 0.3) is 0 Å². The first-order valence-corrected chi connectivity index (χ1v) is 9.84. The number of rotatable bonds is 4. The summed E-state index contributed by atoms with van der Waals surface area (Å²) < 4.78 is 38.3. The highest BCUT2D eigenvalue weighted by molar-refractivity contribution is 7.89. The summed E-state index contributed by atoms with van der Waals surface area (Å²) in [6.45, 7) is 3.93. The summed E-state index contributed by atoms with van der Waals surface area (Å²) in [6, 6.07) is 9.59. The molecule has 3 heterocycles. The highest BCUT2D eigenvalue weighted by atomic mass is 32.2. The molecule has 136 valence electrons. The van der Waals surface area contributed by atoms with Gasteiger partial charge < -0.3 is 9.26 Å². The Morgan fingerprint density at radius 2 is 2.04 bits per heavy atom. The Labute approximate surface area is 151 Å². The van der Waals surface area contributed by atoms with E-state index >= 15 is 0 Å². The van der Waals surface area contributed by atoms with Crippen LogP contribution in [-0.4, -0.2) is 42.1 Å². The number of pyridine rings is 1. The van der Waals surface area contributed by atoms with E-state index in [1.165, 1.54) is 4.31 Å². The largest absolute Gasteiger partial charge is 0.487 e. The van der Waals surface area contributed by atoms with Gasteiger partial charge in [-0.3, -0.25) is 4.98 Å². The number of ether oxygens (including phenoxy) is 1. The number of nitrogens with zero attached hydrogens (tertiary/aromatic N) is 3. The van der Waals surface area contributed by atoms with Gasteiger partial charge in [-0.25, -0.2) is 8.42 Å². The van der Waals surface area contributed by atoms with Crippen molar-refractivity contribution >= 4 is 20.9 Å². The lowest BCUT2D eigenvalue weighted by molar-refractivity contribution is 0.218. The van der Waals surface area contributed by atoms with Crippen molar-refractivity contribution in [1.29, 1.82) is 0 Å². The number of hydrogen-bond acceptors (Lipinski definition) is 6. The zero-order valence-corrected chi connectivity index (χ0v) is 15.4. The Bertz CT molecular complexity index is 1040. The molecule has 1 aliphatic heterocycles. The van der Waals surface area contributed by atoms with Crippen LogP contribution in [0.4, 0.5) is 0 Å². The van der Waals surface area contributed by atoms with E-state index in [1.807, 2.05) is 30.3 Å². The van der Waals surface area contributed by atoms with Crippen molar-refractivity contribution < 1.29 is 17.7 Å². The van der Waals surface area contributed by atoms with Crippen molar-refractivity contribution in [2.45, 2.75) is 31.3 Å². The maximum Gasteiger partial charge on any atom is 0.248 e. The average molecular weight is 373 g/mol. The highest BCUT2D eigenvalue weighted by Gasteiger charge is 2.37. The molecular weight excluding hydrogens is 354 g/mol.